The second-order valence-corrected chi connectivity index (χ2v) is 2.59. The molecule has 3 heteroatoms. The predicted octanol–water partition coefficient (Wildman–Crippen LogP) is 1.46. The van der Waals surface area contributed by atoms with Crippen LogP contribution in [-0.4, -0.2) is 15.8 Å². The molecule has 0 atom stereocenters. The van der Waals surface area contributed by atoms with Crippen molar-refractivity contribution in [2.75, 3.05) is 5.75 Å². The molecule has 0 aromatic carbocycles. The van der Waals surface area contributed by atoms with E-state index in [2.05, 4.69) is 29.5 Å². The first-order valence-electron chi connectivity index (χ1n) is 3.58. The van der Waals surface area contributed by atoms with E-state index in [0.717, 1.165) is 5.75 Å². The molecule has 12 heavy (non-hydrogen) atoms. The zero-order valence-electron chi connectivity index (χ0n) is 6.49. The molecule has 0 aliphatic carbocycles. The lowest BCUT2D eigenvalue weighted by Gasteiger charge is -1.91. The molecule has 1 heterocycles. The van der Waals surface area contributed by atoms with Gasteiger partial charge in [0, 0.05) is 18.4 Å². The van der Waals surface area contributed by atoms with Gasteiger partial charge in [0.15, 0.2) is 5.69 Å². The van der Waals surface area contributed by atoms with Crippen LogP contribution in [0.3, 0.4) is 0 Å². The van der Waals surface area contributed by atoms with Gasteiger partial charge in [-0.1, -0.05) is 5.92 Å². The molecule has 2 nitrogen and oxygen atoms in total. The van der Waals surface area contributed by atoms with E-state index < -0.39 is 0 Å². The highest BCUT2D eigenvalue weighted by atomic mass is 32.1. The summed E-state index contributed by atoms with van der Waals surface area (Å²) in [6.45, 7) is 0. The van der Waals surface area contributed by atoms with Crippen LogP contribution in [0.4, 0.5) is 0 Å². The molecule has 0 spiro atoms. The van der Waals surface area contributed by atoms with E-state index in [1.54, 1.807) is 18.3 Å². The maximum Gasteiger partial charge on any atom is 0.154 e. The van der Waals surface area contributed by atoms with Crippen LogP contribution in [-0.2, 0) is 0 Å². The van der Waals surface area contributed by atoms with Gasteiger partial charge < -0.3 is 5.11 Å². The van der Waals surface area contributed by atoms with Gasteiger partial charge in [-0.05, 0) is 18.1 Å². The number of thiol groups is 1. The Morgan fingerprint density at radius 3 is 3.08 bits per heavy atom. The third-order valence-electron chi connectivity index (χ3n) is 1.23. The predicted molar refractivity (Wildman–Crippen MR) is 51.2 cm³/mol. The van der Waals surface area contributed by atoms with Crippen molar-refractivity contribution in [3.63, 3.8) is 0 Å². The van der Waals surface area contributed by atoms with Gasteiger partial charge in [-0.15, -0.1) is 0 Å². The van der Waals surface area contributed by atoms with Gasteiger partial charge in [0.05, 0.1) is 0 Å². The summed E-state index contributed by atoms with van der Waals surface area (Å²) in [5.74, 6) is 6.45. The smallest absolute Gasteiger partial charge is 0.154 e. The molecule has 0 radical (unpaired) electrons. The summed E-state index contributed by atoms with van der Waals surface area (Å²) in [4.78, 5) is 3.90. The van der Waals surface area contributed by atoms with Crippen molar-refractivity contribution in [2.24, 2.45) is 0 Å². The van der Waals surface area contributed by atoms with Crippen molar-refractivity contribution < 1.29 is 5.11 Å². The first-order valence-corrected chi connectivity index (χ1v) is 4.21. The standard InChI is InChI=1S/C9H9NOS/c11-9-5-3-6-10-8(9)4-1-2-7-12/h3,5-6,11-12H,2,7H2. The number of nitrogens with zero attached hydrogens (tertiary/aromatic N) is 1. The van der Waals surface area contributed by atoms with Crippen LogP contribution in [0, 0.1) is 11.8 Å². The Labute approximate surface area is 77.1 Å². The summed E-state index contributed by atoms with van der Waals surface area (Å²) >= 11 is 4.01. The topological polar surface area (TPSA) is 33.1 Å². The highest BCUT2D eigenvalue weighted by Gasteiger charge is 1.93. The quantitative estimate of drug-likeness (QED) is 0.505. The molecule has 0 aliphatic rings. The molecule has 0 fully saturated rings. The Morgan fingerprint density at radius 2 is 2.42 bits per heavy atom. The van der Waals surface area contributed by atoms with E-state index in [4.69, 9.17) is 0 Å². The number of pyridine rings is 1. The zero-order valence-corrected chi connectivity index (χ0v) is 7.38. The van der Waals surface area contributed by atoms with Crippen LogP contribution in [0.1, 0.15) is 12.1 Å². The molecule has 0 bridgehead atoms. The van der Waals surface area contributed by atoms with Crippen LogP contribution >= 0.6 is 12.6 Å². The Balaban J connectivity index is 2.77. The normalized spacial score (nSPS) is 8.75. The highest BCUT2D eigenvalue weighted by Crippen LogP contribution is 2.10. The molecular formula is C9H9NOS. The minimum Gasteiger partial charge on any atom is -0.505 e. The van der Waals surface area contributed by atoms with Gasteiger partial charge in [-0.25, -0.2) is 4.98 Å². The van der Waals surface area contributed by atoms with Crippen LogP contribution in [0.5, 0.6) is 5.75 Å². The van der Waals surface area contributed by atoms with Crippen molar-refractivity contribution in [1.82, 2.24) is 4.98 Å². The molecule has 62 valence electrons. The second-order valence-electron chi connectivity index (χ2n) is 2.15. The molecule has 0 unspecified atom stereocenters. The maximum atomic E-state index is 9.23. The molecule has 1 N–H and O–H groups in total. The van der Waals surface area contributed by atoms with Gasteiger partial charge in [0.2, 0.25) is 0 Å². The number of aromatic hydroxyl groups is 1. The van der Waals surface area contributed by atoms with Crippen molar-refractivity contribution >= 4 is 12.6 Å². The summed E-state index contributed by atoms with van der Waals surface area (Å²) in [7, 11) is 0. The SMILES string of the molecule is Oc1cccnc1C#CCCS. The summed E-state index contributed by atoms with van der Waals surface area (Å²) in [5.41, 5.74) is 0.430. The lowest BCUT2D eigenvalue weighted by molar-refractivity contribution is 0.471. The number of hydrogen-bond donors (Lipinski definition) is 2. The number of hydrogen-bond acceptors (Lipinski definition) is 3. The average Bonchev–Trinajstić information content (AvgIpc) is 2.09. The number of rotatable bonds is 1. The van der Waals surface area contributed by atoms with Gasteiger partial charge in [0.1, 0.15) is 5.75 Å². The maximum absolute atomic E-state index is 9.23. The van der Waals surface area contributed by atoms with Crippen LogP contribution in [0.15, 0.2) is 18.3 Å². The van der Waals surface area contributed by atoms with E-state index in [9.17, 15) is 5.11 Å². The Hall–Kier alpha value is -1.14. The van der Waals surface area contributed by atoms with Gasteiger partial charge in [0.25, 0.3) is 0 Å². The molecular weight excluding hydrogens is 170 g/mol. The van der Waals surface area contributed by atoms with Gasteiger partial charge in [-0.3, -0.25) is 0 Å². The fourth-order valence-electron chi connectivity index (χ4n) is 0.695. The largest absolute Gasteiger partial charge is 0.505 e. The summed E-state index contributed by atoms with van der Waals surface area (Å²) < 4.78 is 0. The fraction of sp³-hybridized carbons (Fsp3) is 0.222. The van der Waals surface area contributed by atoms with E-state index in [1.165, 1.54) is 0 Å². The third-order valence-corrected chi connectivity index (χ3v) is 1.45. The van der Waals surface area contributed by atoms with Gasteiger partial charge >= 0.3 is 0 Å². The zero-order chi connectivity index (χ0) is 8.81. The Morgan fingerprint density at radius 1 is 1.58 bits per heavy atom. The summed E-state index contributed by atoms with van der Waals surface area (Å²) in [6, 6.07) is 3.23. The molecule has 0 saturated heterocycles. The summed E-state index contributed by atoms with van der Waals surface area (Å²) in [6.07, 6.45) is 2.31. The molecule has 0 amide bonds. The van der Waals surface area contributed by atoms with Crippen LogP contribution in [0.25, 0.3) is 0 Å². The Bertz CT molecular complexity index is 314. The van der Waals surface area contributed by atoms with E-state index >= 15 is 0 Å². The van der Waals surface area contributed by atoms with E-state index in [1.807, 2.05) is 0 Å². The van der Waals surface area contributed by atoms with Gasteiger partial charge in [-0.2, -0.15) is 12.6 Å². The minimum atomic E-state index is 0.129. The van der Waals surface area contributed by atoms with E-state index in [0.29, 0.717) is 12.1 Å². The van der Waals surface area contributed by atoms with Crippen LogP contribution < -0.4 is 0 Å². The fourth-order valence-corrected chi connectivity index (χ4v) is 0.807. The second kappa shape index (κ2) is 4.68. The first-order chi connectivity index (χ1) is 5.84. The molecule has 0 aliphatic heterocycles. The van der Waals surface area contributed by atoms with Crippen LogP contribution in [0.2, 0.25) is 0 Å². The monoisotopic (exact) mass is 179 g/mol. The van der Waals surface area contributed by atoms with Crippen molar-refractivity contribution in [3.8, 4) is 17.6 Å². The lowest BCUT2D eigenvalue weighted by atomic mass is 10.3. The molecule has 1 aromatic rings. The molecule has 1 aromatic heterocycles. The average molecular weight is 179 g/mol. The van der Waals surface area contributed by atoms with Crippen molar-refractivity contribution in [3.05, 3.63) is 24.0 Å². The van der Waals surface area contributed by atoms with E-state index in [-0.39, 0.29) is 5.75 Å². The third kappa shape index (κ3) is 2.48. The highest BCUT2D eigenvalue weighted by molar-refractivity contribution is 7.80. The van der Waals surface area contributed by atoms with Crippen molar-refractivity contribution in [1.29, 1.82) is 0 Å². The Kier molecular flexibility index (Phi) is 3.49. The minimum absolute atomic E-state index is 0.129. The summed E-state index contributed by atoms with van der Waals surface area (Å²) in [5, 5.41) is 9.23. The molecule has 0 saturated carbocycles. The molecule has 1 rings (SSSR count). The van der Waals surface area contributed by atoms with Crippen molar-refractivity contribution in [2.45, 2.75) is 6.42 Å². The first kappa shape index (κ1) is 8.95. The lowest BCUT2D eigenvalue weighted by Crippen LogP contribution is -1.81. The number of aromatic nitrogens is 1.